The fourth-order valence-electron chi connectivity index (χ4n) is 2.33. The van der Waals surface area contributed by atoms with Gasteiger partial charge in [-0.2, -0.15) is 0 Å². The van der Waals surface area contributed by atoms with Gasteiger partial charge < -0.3 is 5.32 Å². The predicted molar refractivity (Wildman–Crippen MR) is 96.2 cm³/mol. The quantitative estimate of drug-likeness (QED) is 0.639. The Hall–Kier alpha value is -0.990. The van der Waals surface area contributed by atoms with Crippen LogP contribution in [-0.2, 0) is 6.42 Å². The lowest BCUT2D eigenvalue weighted by Gasteiger charge is -2.17. The van der Waals surface area contributed by atoms with E-state index >= 15 is 0 Å². The summed E-state index contributed by atoms with van der Waals surface area (Å²) in [5.41, 5.74) is 3.70. The highest BCUT2D eigenvalue weighted by Gasteiger charge is 2.07. The van der Waals surface area contributed by atoms with E-state index in [4.69, 9.17) is 11.6 Å². The van der Waals surface area contributed by atoms with E-state index in [0.29, 0.717) is 5.92 Å². The Balaban J connectivity index is 2.05. The van der Waals surface area contributed by atoms with Gasteiger partial charge in [0.15, 0.2) is 0 Å². The van der Waals surface area contributed by atoms with Gasteiger partial charge in [-0.1, -0.05) is 49.7 Å². The van der Waals surface area contributed by atoms with Crippen LogP contribution in [0.3, 0.4) is 0 Å². The largest absolute Gasteiger partial charge is 0.378 e. The van der Waals surface area contributed by atoms with Gasteiger partial charge in [-0.3, -0.25) is 0 Å². The van der Waals surface area contributed by atoms with Crippen molar-refractivity contribution in [2.45, 2.75) is 33.2 Å². The molecule has 2 rings (SSSR count). The van der Waals surface area contributed by atoms with E-state index in [1.165, 1.54) is 11.1 Å². The van der Waals surface area contributed by atoms with E-state index in [1.807, 2.05) is 18.2 Å². The minimum atomic E-state index is 0.246. The van der Waals surface area contributed by atoms with Crippen LogP contribution in [0.2, 0.25) is 5.02 Å². The summed E-state index contributed by atoms with van der Waals surface area (Å²) in [6.07, 6.45) is 1.13. The van der Waals surface area contributed by atoms with Gasteiger partial charge in [-0.15, -0.1) is 0 Å². The highest BCUT2D eigenvalue weighted by Crippen LogP contribution is 2.28. The SMILES string of the molecule is CC(C)Cc1ccc(C(C)Nc2ccc(Br)c(Cl)c2)cc1. The molecular formula is C18H21BrClN. The first kappa shape index (κ1) is 16.4. The molecule has 0 radical (unpaired) electrons. The standard InChI is InChI=1S/C18H21BrClN/c1-12(2)10-14-4-6-15(7-5-14)13(3)21-16-8-9-17(19)18(20)11-16/h4-9,11-13,21H,10H2,1-3H3. The highest BCUT2D eigenvalue weighted by atomic mass is 79.9. The third-order valence-corrected chi connectivity index (χ3v) is 4.66. The second kappa shape index (κ2) is 7.33. The van der Waals surface area contributed by atoms with Gasteiger partial charge in [0.2, 0.25) is 0 Å². The van der Waals surface area contributed by atoms with Crippen molar-refractivity contribution < 1.29 is 0 Å². The van der Waals surface area contributed by atoms with Crippen molar-refractivity contribution in [2.75, 3.05) is 5.32 Å². The van der Waals surface area contributed by atoms with E-state index in [1.54, 1.807) is 0 Å². The maximum Gasteiger partial charge on any atom is 0.0568 e. The van der Waals surface area contributed by atoms with Crippen LogP contribution in [0.25, 0.3) is 0 Å². The first-order valence-electron chi connectivity index (χ1n) is 7.26. The molecule has 0 aliphatic heterocycles. The Bertz CT molecular complexity index is 593. The van der Waals surface area contributed by atoms with Crippen molar-refractivity contribution in [2.24, 2.45) is 5.92 Å². The molecule has 0 bridgehead atoms. The lowest BCUT2D eigenvalue weighted by molar-refractivity contribution is 0.647. The summed E-state index contributed by atoms with van der Waals surface area (Å²) in [5, 5.41) is 4.20. The van der Waals surface area contributed by atoms with Gasteiger partial charge in [0, 0.05) is 16.2 Å². The molecule has 1 nitrogen and oxygen atoms in total. The third kappa shape index (κ3) is 4.76. The van der Waals surface area contributed by atoms with Crippen molar-refractivity contribution in [3.05, 3.63) is 63.1 Å². The summed E-state index contributed by atoms with van der Waals surface area (Å²) in [7, 11) is 0. The van der Waals surface area contributed by atoms with Crippen molar-refractivity contribution >= 4 is 33.2 Å². The monoisotopic (exact) mass is 365 g/mol. The van der Waals surface area contributed by atoms with Gasteiger partial charge in [-0.05, 0) is 64.5 Å². The number of hydrogen-bond acceptors (Lipinski definition) is 1. The summed E-state index contributed by atoms with van der Waals surface area (Å²) >= 11 is 9.53. The van der Waals surface area contributed by atoms with E-state index < -0.39 is 0 Å². The molecule has 2 aromatic carbocycles. The summed E-state index contributed by atoms with van der Waals surface area (Å²) in [6.45, 7) is 6.65. The van der Waals surface area contributed by atoms with Gasteiger partial charge in [-0.25, -0.2) is 0 Å². The molecule has 0 saturated carbocycles. The van der Waals surface area contributed by atoms with Crippen molar-refractivity contribution in [3.8, 4) is 0 Å². The van der Waals surface area contributed by atoms with Crippen LogP contribution >= 0.6 is 27.5 Å². The molecule has 3 heteroatoms. The molecule has 0 heterocycles. The zero-order valence-corrected chi connectivity index (χ0v) is 15.0. The molecule has 0 fully saturated rings. The number of anilines is 1. The summed E-state index contributed by atoms with van der Waals surface area (Å²) in [6, 6.07) is 15.0. The van der Waals surface area contributed by atoms with E-state index in [0.717, 1.165) is 21.6 Å². The zero-order valence-electron chi connectivity index (χ0n) is 12.7. The average Bonchev–Trinajstić information content (AvgIpc) is 2.43. The van der Waals surface area contributed by atoms with Gasteiger partial charge >= 0.3 is 0 Å². The second-order valence-electron chi connectivity index (χ2n) is 5.83. The Kier molecular flexibility index (Phi) is 5.72. The number of halogens is 2. The van der Waals surface area contributed by atoms with Crippen LogP contribution in [-0.4, -0.2) is 0 Å². The van der Waals surface area contributed by atoms with Crippen molar-refractivity contribution in [3.63, 3.8) is 0 Å². The van der Waals surface area contributed by atoms with E-state index in [9.17, 15) is 0 Å². The maximum absolute atomic E-state index is 6.13. The van der Waals surface area contributed by atoms with E-state index in [2.05, 4.69) is 66.3 Å². The molecule has 0 aliphatic rings. The van der Waals surface area contributed by atoms with Gasteiger partial charge in [0.05, 0.1) is 5.02 Å². The average molecular weight is 367 g/mol. The number of rotatable bonds is 5. The lowest BCUT2D eigenvalue weighted by atomic mass is 10.00. The summed E-state index contributed by atoms with van der Waals surface area (Å²) < 4.78 is 0.917. The van der Waals surface area contributed by atoms with Crippen LogP contribution < -0.4 is 5.32 Å². The summed E-state index contributed by atoms with van der Waals surface area (Å²) in [4.78, 5) is 0. The Morgan fingerprint density at radius 2 is 1.71 bits per heavy atom. The van der Waals surface area contributed by atoms with Crippen LogP contribution in [0.15, 0.2) is 46.9 Å². The Morgan fingerprint density at radius 3 is 2.29 bits per heavy atom. The predicted octanol–water partition coefficient (Wildman–Crippen LogP) is 6.47. The first-order chi connectivity index (χ1) is 9.95. The normalized spacial score (nSPS) is 12.5. The molecule has 0 spiro atoms. The Morgan fingerprint density at radius 1 is 1.05 bits per heavy atom. The molecule has 1 atom stereocenters. The summed E-state index contributed by atoms with van der Waals surface area (Å²) in [5.74, 6) is 0.691. The number of benzene rings is 2. The molecule has 21 heavy (non-hydrogen) atoms. The minimum absolute atomic E-state index is 0.246. The molecule has 112 valence electrons. The van der Waals surface area contributed by atoms with Gasteiger partial charge in [0.1, 0.15) is 0 Å². The molecule has 1 N–H and O–H groups in total. The highest BCUT2D eigenvalue weighted by molar-refractivity contribution is 9.10. The molecular weight excluding hydrogens is 346 g/mol. The lowest BCUT2D eigenvalue weighted by Crippen LogP contribution is -2.06. The number of hydrogen-bond donors (Lipinski definition) is 1. The molecule has 1 unspecified atom stereocenters. The molecule has 0 aromatic heterocycles. The first-order valence-corrected chi connectivity index (χ1v) is 8.43. The smallest absolute Gasteiger partial charge is 0.0568 e. The second-order valence-corrected chi connectivity index (χ2v) is 7.10. The molecule has 0 saturated heterocycles. The maximum atomic E-state index is 6.13. The fourth-order valence-corrected chi connectivity index (χ4v) is 2.76. The van der Waals surface area contributed by atoms with Crippen LogP contribution in [0, 0.1) is 5.92 Å². The van der Waals surface area contributed by atoms with Crippen molar-refractivity contribution in [1.29, 1.82) is 0 Å². The topological polar surface area (TPSA) is 12.0 Å². The molecule has 0 aliphatic carbocycles. The zero-order chi connectivity index (χ0) is 15.4. The van der Waals surface area contributed by atoms with Gasteiger partial charge in [0.25, 0.3) is 0 Å². The molecule has 2 aromatic rings. The van der Waals surface area contributed by atoms with Crippen LogP contribution in [0.5, 0.6) is 0 Å². The third-order valence-electron chi connectivity index (χ3n) is 3.43. The molecule has 0 amide bonds. The fraction of sp³-hybridized carbons (Fsp3) is 0.333. The number of nitrogens with one attached hydrogen (secondary N) is 1. The van der Waals surface area contributed by atoms with Crippen molar-refractivity contribution in [1.82, 2.24) is 0 Å². The van der Waals surface area contributed by atoms with E-state index in [-0.39, 0.29) is 6.04 Å². The van der Waals surface area contributed by atoms with Crippen LogP contribution in [0.1, 0.15) is 37.9 Å². The Labute approximate surface area is 140 Å². The van der Waals surface area contributed by atoms with Crippen LogP contribution in [0.4, 0.5) is 5.69 Å². The minimum Gasteiger partial charge on any atom is -0.378 e.